The van der Waals surface area contributed by atoms with Crippen LogP contribution in [-0.2, 0) is 23.1 Å². The first kappa shape index (κ1) is 22.7. The molecule has 4 atom stereocenters. The van der Waals surface area contributed by atoms with Gasteiger partial charge in [0.2, 0.25) is 0 Å². The standard InChI is InChI=1S/C19H21N2O9P/c1-12-10-21(19(25)20-17(12)22)16-9-8-15(28-16)11-27-31(26,29-13(2)18(23)24)30-14-6-4-3-5-7-14/h3-10,13,15-16H,11H2,1-2H3,(H,23,24)(H,20,22,25)/t13-,15-,16+,31?/m0/s1. The Labute approximate surface area is 176 Å². The number of carboxylic acids is 1. The molecule has 0 fully saturated rings. The molecule has 0 spiro atoms. The highest BCUT2D eigenvalue weighted by Crippen LogP contribution is 2.51. The highest BCUT2D eigenvalue weighted by atomic mass is 31.2. The number of carboxylic acid groups (broad SMARTS) is 1. The van der Waals surface area contributed by atoms with Gasteiger partial charge in [0.1, 0.15) is 11.9 Å². The first-order valence-electron chi connectivity index (χ1n) is 9.23. The summed E-state index contributed by atoms with van der Waals surface area (Å²) < 4.78 is 35.6. The van der Waals surface area contributed by atoms with Crippen LogP contribution in [0.4, 0.5) is 0 Å². The highest BCUT2D eigenvalue weighted by Gasteiger charge is 2.35. The number of hydrogen-bond acceptors (Lipinski definition) is 8. The summed E-state index contributed by atoms with van der Waals surface area (Å²) in [5, 5.41) is 9.07. The second-order valence-electron chi connectivity index (χ2n) is 6.66. The second kappa shape index (κ2) is 9.44. The van der Waals surface area contributed by atoms with Crippen molar-refractivity contribution >= 4 is 13.8 Å². The predicted molar refractivity (Wildman–Crippen MR) is 108 cm³/mol. The Kier molecular flexibility index (Phi) is 6.91. The van der Waals surface area contributed by atoms with Gasteiger partial charge in [0.25, 0.3) is 5.56 Å². The number of benzene rings is 1. The van der Waals surface area contributed by atoms with Crippen LogP contribution in [-0.4, -0.2) is 39.4 Å². The number of ether oxygens (including phenoxy) is 1. The Hall–Kier alpha value is -2.98. The van der Waals surface area contributed by atoms with Gasteiger partial charge in [-0.1, -0.05) is 24.3 Å². The van der Waals surface area contributed by atoms with Gasteiger partial charge in [-0.25, -0.2) is 14.2 Å². The number of para-hydroxylation sites is 1. The quantitative estimate of drug-likeness (QED) is 0.431. The number of phosphoric ester groups is 1. The van der Waals surface area contributed by atoms with Crippen LogP contribution < -0.4 is 15.8 Å². The van der Waals surface area contributed by atoms with Crippen molar-refractivity contribution in [2.75, 3.05) is 6.61 Å². The van der Waals surface area contributed by atoms with Crippen LogP contribution in [0.1, 0.15) is 18.7 Å². The molecule has 11 nitrogen and oxygen atoms in total. The lowest BCUT2D eigenvalue weighted by Crippen LogP contribution is -2.33. The minimum absolute atomic E-state index is 0.166. The lowest BCUT2D eigenvalue weighted by atomic mass is 10.3. The van der Waals surface area contributed by atoms with Crippen molar-refractivity contribution in [3.8, 4) is 5.75 Å². The molecular formula is C19H21N2O9P. The highest BCUT2D eigenvalue weighted by molar-refractivity contribution is 7.49. The van der Waals surface area contributed by atoms with Gasteiger partial charge in [-0.15, -0.1) is 0 Å². The maximum Gasteiger partial charge on any atom is 0.530 e. The van der Waals surface area contributed by atoms with Gasteiger partial charge in [0.15, 0.2) is 12.3 Å². The van der Waals surface area contributed by atoms with Crippen molar-refractivity contribution < 1.29 is 32.8 Å². The minimum atomic E-state index is -4.33. The average Bonchev–Trinajstić information content (AvgIpc) is 3.19. The van der Waals surface area contributed by atoms with E-state index in [1.807, 2.05) is 0 Å². The molecule has 0 saturated carbocycles. The summed E-state index contributed by atoms with van der Waals surface area (Å²) in [4.78, 5) is 36.8. The molecule has 2 heterocycles. The van der Waals surface area contributed by atoms with Crippen molar-refractivity contribution in [2.45, 2.75) is 32.3 Å². The fourth-order valence-electron chi connectivity index (χ4n) is 2.61. The van der Waals surface area contributed by atoms with Gasteiger partial charge in [0.05, 0.1) is 6.61 Å². The van der Waals surface area contributed by atoms with Crippen molar-refractivity contribution in [1.82, 2.24) is 9.55 Å². The van der Waals surface area contributed by atoms with E-state index in [0.29, 0.717) is 5.56 Å². The zero-order valence-electron chi connectivity index (χ0n) is 16.7. The molecule has 0 amide bonds. The van der Waals surface area contributed by atoms with Crippen molar-refractivity contribution in [3.63, 3.8) is 0 Å². The summed E-state index contributed by atoms with van der Waals surface area (Å²) in [7, 11) is -4.33. The molecule has 0 radical (unpaired) electrons. The number of nitrogens with one attached hydrogen (secondary N) is 1. The normalized spacial score (nSPS) is 20.8. The van der Waals surface area contributed by atoms with Crippen LogP contribution in [0.2, 0.25) is 0 Å². The van der Waals surface area contributed by atoms with Gasteiger partial charge >= 0.3 is 19.5 Å². The van der Waals surface area contributed by atoms with Crippen LogP contribution in [0.25, 0.3) is 0 Å². The van der Waals surface area contributed by atoms with E-state index in [0.717, 1.165) is 0 Å². The number of hydrogen-bond donors (Lipinski definition) is 2. The summed E-state index contributed by atoms with van der Waals surface area (Å²) in [5.74, 6) is -1.18. The van der Waals surface area contributed by atoms with Gasteiger partial charge < -0.3 is 14.4 Å². The van der Waals surface area contributed by atoms with E-state index in [-0.39, 0.29) is 12.4 Å². The van der Waals surface area contributed by atoms with Crippen LogP contribution in [0, 0.1) is 6.92 Å². The second-order valence-corrected chi connectivity index (χ2v) is 8.21. The molecule has 1 aliphatic rings. The van der Waals surface area contributed by atoms with Crippen LogP contribution >= 0.6 is 7.82 Å². The predicted octanol–water partition coefficient (Wildman–Crippen LogP) is 1.99. The summed E-state index contributed by atoms with van der Waals surface area (Å²) >= 11 is 0. The fraction of sp³-hybridized carbons (Fsp3) is 0.316. The molecule has 1 unspecified atom stereocenters. The Bertz CT molecular complexity index is 1130. The van der Waals surface area contributed by atoms with Crippen molar-refractivity contribution in [1.29, 1.82) is 0 Å². The van der Waals surface area contributed by atoms with Crippen molar-refractivity contribution in [2.24, 2.45) is 0 Å². The third-order valence-corrected chi connectivity index (χ3v) is 5.69. The largest absolute Gasteiger partial charge is 0.530 e. The first-order valence-corrected chi connectivity index (χ1v) is 10.7. The Morgan fingerprint density at radius 2 is 2.00 bits per heavy atom. The van der Waals surface area contributed by atoms with Gasteiger partial charge in [-0.2, -0.15) is 0 Å². The summed E-state index contributed by atoms with van der Waals surface area (Å²) in [6.07, 6.45) is 1.50. The monoisotopic (exact) mass is 452 g/mol. The molecule has 166 valence electrons. The van der Waals surface area contributed by atoms with Gasteiger partial charge in [-0.05, 0) is 32.1 Å². The number of phosphoric acid groups is 1. The number of aliphatic carboxylic acids is 1. The Morgan fingerprint density at radius 3 is 2.68 bits per heavy atom. The number of aryl methyl sites for hydroxylation is 1. The lowest BCUT2D eigenvalue weighted by molar-refractivity contribution is -0.145. The Morgan fingerprint density at radius 1 is 1.29 bits per heavy atom. The summed E-state index contributed by atoms with van der Waals surface area (Å²) in [6.45, 7) is 2.44. The van der Waals surface area contributed by atoms with E-state index in [4.69, 9.17) is 23.4 Å². The maximum absolute atomic E-state index is 13.0. The molecule has 0 saturated heterocycles. The molecule has 0 bridgehead atoms. The van der Waals surface area contributed by atoms with Crippen molar-refractivity contribution in [3.05, 3.63) is 75.1 Å². The van der Waals surface area contributed by atoms with E-state index in [9.17, 15) is 18.9 Å². The maximum atomic E-state index is 13.0. The van der Waals surface area contributed by atoms with E-state index >= 15 is 0 Å². The number of rotatable bonds is 9. The molecule has 2 aromatic rings. The topological polar surface area (TPSA) is 146 Å². The summed E-state index contributed by atoms with van der Waals surface area (Å²) in [5.41, 5.74) is -0.816. The molecule has 1 aromatic heterocycles. The minimum Gasteiger partial charge on any atom is -0.479 e. The molecule has 2 N–H and O–H groups in total. The average molecular weight is 452 g/mol. The molecule has 12 heteroatoms. The van der Waals surface area contributed by atoms with E-state index < -0.39 is 43.5 Å². The summed E-state index contributed by atoms with van der Waals surface area (Å²) in [6, 6.07) is 8.02. The molecule has 1 aromatic carbocycles. The van der Waals surface area contributed by atoms with Crippen LogP contribution in [0.5, 0.6) is 5.75 Å². The smallest absolute Gasteiger partial charge is 0.479 e. The number of carbonyl (C=O) groups is 1. The van der Waals surface area contributed by atoms with E-state index in [1.165, 1.54) is 29.8 Å². The van der Waals surface area contributed by atoms with Crippen LogP contribution in [0.3, 0.4) is 0 Å². The molecular weight excluding hydrogens is 431 g/mol. The Balaban J connectivity index is 1.69. The van der Waals surface area contributed by atoms with Crippen LogP contribution in [0.15, 0.2) is 58.3 Å². The third-order valence-electron chi connectivity index (χ3n) is 4.22. The molecule has 0 aliphatic carbocycles. The SMILES string of the molecule is Cc1cn([C@H]2C=C[C@@H](COP(=O)(Oc3ccccc3)O[C@@H](C)C(=O)O)O2)c(=O)[nH]c1=O. The number of H-pyrrole nitrogens is 1. The molecule has 1 aliphatic heterocycles. The number of aromatic amines is 1. The fourth-order valence-corrected chi connectivity index (χ4v) is 3.95. The zero-order valence-corrected chi connectivity index (χ0v) is 17.6. The van der Waals surface area contributed by atoms with E-state index in [2.05, 4.69) is 4.98 Å². The number of aromatic nitrogens is 2. The van der Waals surface area contributed by atoms with Gasteiger partial charge in [0, 0.05) is 11.8 Å². The first-order chi connectivity index (χ1) is 14.7. The van der Waals surface area contributed by atoms with Gasteiger partial charge in [-0.3, -0.25) is 23.4 Å². The van der Waals surface area contributed by atoms with E-state index in [1.54, 1.807) is 37.3 Å². The molecule has 3 rings (SSSR count). The third kappa shape index (κ3) is 5.80. The zero-order chi connectivity index (χ0) is 22.6. The number of nitrogens with zero attached hydrogens (tertiary/aromatic N) is 1. The molecule has 31 heavy (non-hydrogen) atoms. The lowest BCUT2D eigenvalue weighted by Gasteiger charge is -2.22.